The summed E-state index contributed by atoms with van der Waals surface area (Å²) in [5.41, 5.74) is 15.7. The van der Waals surface area contributed by atoms with Crippen LogP contribution in [0.2, 0.25) is 0 Å². The van der Waals surface area contributed by atoms with Crippen molar-refractivity contribution in [3.63, 3.8) is 0 Å². The topological polar surface area (TPSA) is 89.6 Å². The summed E-state index contributed by atoms with van der Waals surface area (Å²) in [7, 11) is 0. The maximum Gasteiger partial charge on any atom is 0.415 e. The molecular formula is C83H49F3N8. The smallest absolute Gasteiger partial charge is 0.308 e. The predicted octanol–water partition coefficient (Wildman–Crippen LogP) is 21.9. The predicted molar refractivity (Wildman–Crippen MR) is 371 cm³/mol. The monoisotopic (exact) mass is 1210 g/mol. The fourth-order valence-corrected chi connectivity index (χ4v) is 13.0. The lowest BCUT2D eigenvalue weighted by Gasteiger charge is -2.21. The number of fused-ring (bicyclic) bond motifs is 6. The second kappa shape index (κ2) is 23.2. The van der Waals surface area contributed by atoms with Crippen molar-refractivity contribution in [2.75, 3.05) is 0 Å². The van der Waals surface area contributed by atoms with Crippen LogP contribution in [0.1, 0.15) is 11.1 Å². The van der Waals surface area contributed by atoms with Crippen LogP contribution in [0.25, 0.3) is 160 Å². The molecule has 0 aliphatic rings. The van der Waals surface area contributed by atoms with Crippen LogP contribution in [-0.4, -0.2) is 29.1 Å². The lowest BCUT2D eigenvalue weighted by molar-refractivity contribution is -0.137. The molecule has 0 amide bonds. The largest absolute Gasteiger partial charge is 0.415 e. The van der Waals surface area contributed by atoms with Crippen molar-refractivity contribution < 1.29 is 13.2 Å². The highest BCUT2D eigenvalue weighted by atomic mass is 19.4. The molecule has 6 heterocycles. The summed E-state index contributed by atoms with van der Waals surface area (Å²) in [5.74, 6) is 0. The number of aromatic nitrogens is 6. The van der Waals surface area contributed by atoms with Crippen LogP contribution in [0.5, 0.6) is 0 Å². The fourth-order valence-electron chi connectivity index (χ4n) is 13.0. The quantitative estimate of drug-likeness (QED) is 0.120. The normalized spacial score (nSPS) is 11.5. The maximum absolute atomic E-state index is 15.9. The van der Waals surface area contributed by atoms with Gasteiger partial charge in [-0.05, 0) is 94.0 Å². The number of hydrogen-bond donors (Lipinski definition) is 0. The van der Waals surface area contributed by atoms with E-state index in [1.807, 2.05) is 228 Å². The molecule has 10 aromatic carbocycles. The molecule has 0 atom stereocenters. The second-order valence-electron chi connectivity index (χ2n) is 23.1. The van der Waals surface area contributed by atoms with Gasteiger partial charge in [0.15, 0.2) is 5.69 Å². The molecule has 94 heavy (non-hydrogen) atoms. The van der Waals surface area contributed by atoms with Gasteiger partial charge in [0.1, 0.15) is 11.6 Å². The van der Waals surface area contributed by atoms with Crippen molar-refractivity contribution in [1.29, 1.82) is 5.26 Å². The molecular weight excluding hydrogens is 1170 g/mol. The maximum atomic E-state index is 15.9. The number of benzene rings is 10. The summed E-state index contributed by atoms with van der Waals surface area (Å²) in [6.07, 6.45) is 2.47. The highest BCUT2D eigenvalue weighted by Crippen LogP contribution is 2.48. The Hall–Kier alpha value is -12.8. The molecule has 0 N–H and O–H groups in total. The highest BCUT2D eigenvalue weighted by Gasteiger charge is 2.36. The summed E-state index contributed by atoms with van der Waals surface area (Å²) < 4.78 is 51.7. The zero-order valence-corrected chi connectivity index (χ0v) is 50.0. The van der Waals surface area contributed by atoms with Gasteiger partial charge in [-0.25, -0.2) is 4.85 Å². The van der Waals surface area contributed by atoms with E-state index in [4.69, 9.17) is 26.5 Å². The molecule has 8 nitrogen and oxygen atoms in total. The van der Waals surface area contributed by atoms with Crippen molar-refractivity contribution >= 4 is 49.3 Å². The Balaban J connectivity index is 0.991. The van der Waals surface area contributed by atoms with E-state index in [2.05, 4.69) is 59.4 Å². The third-order valence-electron chi connectivity index (χ3n) is 17.6. The number of nitrogens with zero attached hydrogens (tertiary/aromatic N) is 8. The molecule has 442 valence electrons. The highest BCUT2D eigenvalue weighted by molar-refractivity contribution is 6.13. The van der Waals surface area contributed by atoms with Gasteiger partial charge in [-0.3, -0.25) is 19.9 Å². The number of nitriles is 1. The Kier molecular flexibility index (Phi) is 13.9. The van der Waals surface area contributed by atoms with E-state index in [0.29, 0.717) is 22.1 Å². The standard InChI is InChI=1S/C83H49F3N8/c1-88-75-24-14-23-70(83(84,85)86)82(75)64-45-80(93-76-41-56(60-29-37-71(89-48-60)52-15-6-2-7-16-52)25-33-65(76)66-34-26-57(42-77(66)93)61-30-38-72(90-49-61)53-17-8-3-9-18-53)69(47-87)81(46-64)94-78-43-58(62-31-39-73(91-50-62)54-19-10-4-11-20-54)27-35-67(78)68-36-28-59(44-79(68)94)63-32-40-74(92-51-63)55-21-12-5-13-22-55/h2-46,48-51H. The van der Waals surface area contributed by atoms with Crippen molar-refractivity contribution in [2.45, 2.75) is 6.18 Å². The van der Waals surface area contributed by atoms with Gasteiger partial charge in [-0.1, -0.05) is 212 Å². The molecule has 0 bridgehead atoms. The first-order valence-electron chi connectivity index (χ1n) is 30.5. The van der Waals surface area contributed by atoms with Gasteiger partial charge >= 0.3 is 6.18 Å². The summed E-state index contributed by atoms with van der Waals surface area (Å²) in [6, 6.07) is 90.1. The van der Waals surface area contributed by atoms with Crippen molar-refractivity contribution in [3.05, 3.63) is 320 Å². The van der Waals surface area contributed by atoms with Crippen molar-refractivity contribution in [2.24, 2.45) is 0 Å². The van der Waals surface area contributed by atoms with Crippen LogP contribution in [0.4, 0.5) is 18.9 Å². The lowest BCUT2D eigenvalue weighted by Crippen LogP contribution is -2.09. The van der Waals surface area contributed by atoms with Crippen LogP contribution >= 0.6 is 0 Å². The Morgan fingerprint density at radius 1 is 0.330 bits per heavy atom. The minimum Gasteiger partial charge on any atom is -0.308 e. The molecule has 16 aromatic rings. The number of halogens is 3. The van der Waals surface area contributed by atoms with Gasteiger partial charge in [-0.15, -0.1) is 0 Å². The SMILES string of the molecule is [C-]#[N+]c1cccc(C(F)(F)F)c1-c1cc(-n2c3cc(-c4ccc(-c5ccccc5)nc4)ccc3c3ccc(-c4ccc(-c5ccccc5)nc4)cc32)c(C#N)c(-n2c3cc(-c4ccc(-c5ccccc5)nc4)ccc3c3ccc(-c4ccc(-c5ccccc5)nc4)cc32)c1. The van der Waals surface area contributed by atoms with Crippen LogP contribution in [0.3, 0.4) is 0 Å². The van der Waals surface area contributed by atoms with Gasteiger partial charge < -0.3 is 9.13 Å². The van der Waals surface area contributed by atoms with E-state index in [9.17, 15) is 5.26 Å². The molecule has 0 aliphatic carbocycles. The summed E-state index contributed by atoms with van der Waals surface area (Å²) >= 11 is 0. The summed E-state index contributed by atoms with van der Waals surface area (Å²) in [6.45, 7) is 8.48. The first kappa shape index (κ1) is 56.4. The first-order valence-corrected chi connectivity index (χ1v) is 30.5. The Labute approximate surface area is 538 Å². The van der Waals surface area contributed by atoms with Crippen LogP contribution in [0.15, 0.2) is 298 Å². The van der Waals surface area contributed by atoms with Gasteiger partial charge in [0, 0.05) is 90.8 Å². The summed E-state index contributed by atoms with van der Waals surface area (Å²) in [4.78, 5) is 23.4. The Morgan fingerprint density at radius 3 is 0.904 bits per heavy atom. The Morgan fingerprint density at radius 2 is 0.638 bits per heavy atom. The van der Waals surface area contributed by atoms with E-state index in [-0.39, 0.29) is 33.8 Å². The lowest BCUT2D eigenvalue weighted by atomic mass is 9.94. The molecule has 11 heteroatoms. The van der Waals surface area contributed by atoms with Gasteiger partial charge in [0.05, 0.1) is 68.4 Å². The zero-order chi connectivity index (χ0) is 63.4. The zero-order valence-electron chi connectivity index (χ0n) is 50.0. The van der Waals surface area contributed by atoms with Gasteiger partial charge in [0.25, 0.3) is 0 Å². The first-order chi connectivity index (χ1) is 46.1. The average Bonchev–Trinajstić information content (AvgIpc) is 1.55. The van der Waals surface area contributed by atoms with Crippen LogP contribution in [-0.2, 0) is 6.18 Å². The van der Waals surface area contributed by atoms with Crippen molar-refractivity contribution in [1.82, 2.24) is 29.1 Å². The van der Waals surface area contributed by atoms with E-state index in [1.54, 1.807) is 12.1 Å². The van der Waals surface area contributed by atoms with Crippen LogP contribution in [0, 0.1) is 17.9 Å². The Bertz CT molecular complexity index is 5090. The molecule has 0 unspecified atom stereocenters. The number of rotatable bonds is 11. The van der Waals surface area contributed by atoms with E-state index in [1.165, 1.54) is 12.1 Å². The molecule has 0 saturated carbocycles. The van der Waals surface area contributed by atoms with E-state index < -0.39 is 11.7 Å². The van der Waals surface area contributed by atoms with Gasteiger partial charge in [-0.2, -0.15) is 18.4 Å². The number of pyridine rings is 4. The molecule has 0 spiro atoms. The van der Waals surface area contributed by atoms with E-state index >= 15 is 13.2 Å². The minimum absolute atomic E-state index is 0.0790. The van der Waals surface area contributed by atoms with Crippen LogP contribution < -0.4 is 0 Å². The molecule has 0 fully saturated rings. The number of alkyl halides is 3. The van der Waals surface area contributed by atoms with E-state index in [0.717, 1.165) is 117 Å². The molecule has 0 radical (unpaired) electrons. The third-order valence-corrected chi connectivity index (χ3v) is 17.6. The average molecular weight is 1220 g/mol. The molecule has 16 rings (SSSR count). The summed E-state index contributed by atoms with van der Waals surface area (Å²) in [5, 5.41) is 15.6. The fraction of sp³-hybridized carbons (Fsp3) is 0.0120. The third kappa shape index (κ3) is 10.1. The molecule has 6 aromatic heterocycles. The molecule has 0 aliphatic heterocycles. The van der Waals surface area contributed by atoms with Gasteiger partial charge in [0.2, 0.25) is 0 Å². The minimum atomic E-state index is -4.89. The second-order valence-corrected chi connectivity index (χ2v) is 23.1. The molecule has 0 saturated heterocycles. The van der Waals surface area contributed by atoms with Crippen molar-refractivity contribution in [3.8, 4) is 118 Å². The number of hydrogen-bond acceptors (Lipinski definition) is 5.